The van der Waals surface area contributed by atoms with Crippen molar-refractivity contribution < 1.29 is 9.90 Å². The SMILES string of the molecule is O=C(O)C(Cc1cccc(Cl)c1)Cc1ccccn1. The van der Waals surface area contributed by atoms with E-state index in [2.05, 4.69) is 4.98 Å². The number of rotatable bonds is 5. The predicted molar refractivity (Wildman–Crippen MR) is 74.2 cm³/mol. The molecule has 19 heavy (non-hydrogen) atoms. The molecule has 1 heterocycles. The Balaban J connectivity index is 2.11. The molecule has 1 aromatic heterocycles. The van der Waals surface area contributed by atoms with E-state index >= 15 is 0 Å². The van der Waals surface area contributed by atoms with Crippen molar-refractivity contribution in [2.24, 2.45) is 5.92 Å². The van der Waals surface area contributed by atoms with E-state index in [9.17, 15) is 9.90 Å². The molecule has 0 saturated carbocycles. The number of carboxylic acid groups (broad SMARTS) is 1. The van der Waals surface area contributed by atoms with Gasteiger partial charge in [-0.3, -0.25) is 9.78 Å². The van der Waals surface area contributed by atoms with Crippen LogP contribution in [0.4, 0.5) is 0 Å². The first-order chi connectivity index (χ1) is 9.15. The van der Waals surface area contributed by atoms with Crippen LogP contribution in [0.1, 0.15) is 11.3 Å². The first kappa shape index (κ1) is 13.6. The number of aromatic nitrogens is 1. The van der Waals surface area contributed by atoms with Crippen molar-refractivity contribution in [3.63, 3.8) is 0 Å². The molecule has 0 aliphatic rings. The highest BCUT2D eigenvalue weighted by atomic mass is 35.5. The number of benzene rings is 1. The summed E-state index contributed by atoms with van der Waals surface area (Å²) in [6, 6.07) is 12.8. The molecule has 0 amide bonds. The third kappa shape index (κ3) is 4.07. The van der Waals surface area contributed by atoms with Crippen LogP contribution in [0, 0.1) is 5.92 Å². The molecular formula is C15H14ClNO2. The highest BCUT2D eigenvalue weighted by Crippen LogP contribution is 2.17. The van der Waals surface area contributed by atoms with E-state index in [1.165, 1.54) is 0 Å². The molecule has 1 N–H and O–H groups in total. The zero-order chi connectivity index (χ0) is 13.7. The molecule has 0 saturated heterocycles. The molecule has 0 radical (unpaired) electrons. The summed E-state index contributed by atoms with van der Waals surface area (Å²) in [6.45, 7) is 0. The lowest BCUT2D eigenvalue weighted by Gasteiger charge is -2.12. The summed E-state index contributed by atoms with van der Waals surface area (Å²) in [4.78, 5) is 15.5. The zero-order valence-electron chi connectivity index (χ0n) is 10.3. The van der Waals surface area contributed by atoms with Gasteiger partial charge in [0.2, 0.25) is 0 Å². The smallest absolute Gasteiger partial charge is 0.307 e. The second-order valence-electron chi connectivity index (χ2n) is 4.39. The maximum Gasteiger partial charge on any atom is 0.307 e. The molecule has 0 aliphatic heterocycles. The van der Waals surface area contributed by atoms with Gasteiger partial charge in [0.15, 0.2) is 0 Å². The summed E-state index contributed by atoms with van der Waals surface area (Å²) in [6.07, 6.45) is 2.54. The average molecular weight is 276 g/mol. The van der Waals surface area contributed by atoms with Crippen LogP contribution >= 0.6 is 11.6 Å². The van der Waals surface area contributed by atoms with Crippen molar-refractivity contribution in [1.29, 1.82) is 0 Å². The van der Waals surface area contributed by atoms with Gasteiger partial charge in [-0.1, -0.05) is 29.8 Å². The highest BCUT2D eigenvalue weighted by molar-refractivity contribution is 6.30. The van der Waals surface area contributed by atoms with Crippen LogP contribution in [0.2, 0.25) is 5.02 Å². The Kier molecular flexibility index (Phi) is 4.53. The number of halogens is 1. The van der Waals surface area contributed by atoms with Crippen LogP contribution < -0.4 is 0 Å². The van der Waals surface area contributed by atoms with Crippen LogP contribution in [0.5, 0.6) is 0 Å². The summed E-state index contributed by atoms with van der Waals surface area (Å²) >= 11 is 5.91. The van der Waals surface area contributed by atoms with Crippen molar-refractivity contribution in [3.8, 4) is 0 Å². The lowest BCUT2D eigenvalue weighted by atomic mass is 9.94. The first-order valence-electron chi connectivity index (χ1n) is 6.02. The minimum absolute atomic E-state index is 0.419. The van der Waals surface area contributed by atoms with Gasteiger partial charge in [0.1, 0.15) is 0 Å². The Hall–Kier alpha value is -1.87. The third-order valence-corrected chi connectivity index (χ3v) is 3.14. The van der Waals surface area contributed by atoms with Crippen molar-refractivity contribution >= 4 is 17.6 Å². The fraction of sp³-hybridized carbons (Fsp3) is 0.200. The van der Waals surface area contributed by atoms with E-state index in [0.717, 1.165) is 11.3 Å². The first-order valence-corrected chi connectivity index (χ1v) is 6.40. The van der Waals surface area contributed by atoms with Gasteiger partial charge < -0.3 is 5.11 Å². The van der Waals surface area contributed by atoms with E-state index in [4.69, 9.17) is 11.6 Å². The molecule has 0 fully saturated rings. The minimum atomic E-state index is -0.814. The number of carboxylic acids is 1. The van der Waals surface area contributed by atoms with Gasteiger partial charge >= 0.3 is 5.97 Å². The largest absolute Gasteiger partial charge is 0.481 e. The third-order valence-electron chi connectivity index (χ3n) is 2.90. The summed E-state index contributed by atoms with van der Waals surface area (Å²) in [5.74, 6) is -1.31. The Bertz CT molecular complexity index is 557. The molecular weight excluding hydrogens is 262 g/mol. The zero-order valence-corrected chi connectivity index (χ0v) is 11.0. The van der Waals surface area contributed by atoms with Crippen LogP contribution in [-0.4, -0.2) is 16.1 Å². The fourth-order valence-electron chi connectivity index (χ4n) is 1.97. The van der Waals surface area contributed by atoms with Crippen LogP contribution in [0.3, 0.4) is 0 Å². The molecule has 2 rings (SSSR count). The lowest BCUT2D eigenvalue weighted by molar-refractivity contribution is -0.141. The summed E-state index contributed by atoms with van der Waals surface area (Å²) < 4.78 is 0. The fourth-order valence-corrected chi connectivity index (χ4v) is 2.18. The molecule has 2 aromatic rings. The monoisotopic (exact) mass is 275 g/mol. The average Bonchev–Trinajstić information content (AvgIpc) is 2.39. The summed E-state index contributed by atoms with van der Waals surface area (Å²) in [5.41, 5.74) is 1.72. The number of hydrogen-bond donors (Lipinski definition) is 1. The highest BCUT2D eigenvalue weighted by Gasteiger charge is 2.19. The number of nitrogens with zero attached hydrogens (tertiary/aromatic N) is 1. The van der Waals surface area contributed by atoms with E-state index in [1.807, 2.05) is 30.3 Å². The van der Waals surface area contributed by atoms with Gasteiger partial charge in [-0.05, 0) is 36.2 Å². The maximum absolute atomic E-state index is 11.3. The van der Waals surface area contributed by atoms with Gasteiger partial charge in [-0.25, -0.2) is 0 Å². The summed E-state index contributed by atoms with van der Waals surface area (Å²) in [7, 11) is 0. The van der Waals surface area contributed by atoms with E-state index < -0.39 is 11.9 Å². The van der Waals surface area contributed by atoms with E-state index in [0.29, 0.717) is 17.9 Å². The number of carbonyl (C=O) groups is 1. The Morgan fingerprint density at radius 2 is 2.05 bits per heavy atom. The van der Waals surface area contributed by atoms with Crippen LogP contribution in [-0.2, 0) is 17.6 Å². The predicted octanol–water partition coefficient (Wildman–Crippen LogP) is 3.22. The molecule has 98 valence electrons. The van der Waals surface area contributed by atoms with Crippen molar-refractivity contribution in [3.05, 3.63) is 64.9 Å². The molecule has 0 aliphatic carbocycles. The Labute approximate surface area is 116 Å². The Morgan fingerprint density at radius 1 is 1.21 bits per heavy atom. The number of pyridine rings is 1. The second kappa shape index (κ2) is 6.34. The molecule has 0 spiro atoms. The van der Waals surface area contributed by atoms with Crippen molar-refractivity contribution in [2.75, 3.05) is 0 Å². The van der Waals surface area contributed by atoms with Crippen molar-refractivity contribution in [1.82, 2.24) is 4.98 Å². The van der Waals surface area contributed by atoms with Crippen LogP contribution in [0.25, 0.3) is 0 Å². The lowest BCUT2D eigenvalue weighted by Crippen LogP contribution is -2.19. The molecule has 1 aromatic carbocycles. The van der Waals surface area contributed by atoms with Gasteiger partial charge in [-0.2, -0.15) is 0 Å². The Morgan fingerprint density at radius 3 is 2.68 bits per heavy atom. The minimum Gasteiger partial charge on any atom is -0.481 e. The summed E-state index contributed by atoms with van der Waals surface area (Å²) in [5, 5.41) is 9.93. The standard InChI is InChI=1S/C15H14ClNO2/c16-13-5-3-4-11(9-13)8-12(15(18)19)10-14-6-1-2-7-17-14/h1-7,9,12H,8,10H2,(H,18,19). The second-order valence-corrected chi connectivity index (χ2v) is 4.83. The van der Waals surface area contributed by atoms with E-state index in [1.54, 1.807) is 18.3 Å². The van der Waals surface area contributed by atoms with Gasteiger partial charge in [-0.15, -0.1) is 0 Å². The normalized spacial score (nSPS) is 12.1. The molecule has 0 bridgehead atoms. The maximum atomic E-state index is 11.3. The van der Waals surface area contributed by atoms with E-state index in [-0.39, 0.29) is 0 Å². The quantitative estimate of drug-likeness (QED) is 0.911. The molecule has 1 unspecified atom stereocenters. The number of hydrogen-bond acceptors (Lipinski definition) is 2. The van der Waals surface area contributed by atoms with Crippen LogP contribution in [0.15, 0.2) is 48.7 Å². The topological polar surface area (TPSA) is 50.2 Å². The van der Waals surface area contributed by atoms with Gasteiger partial charge in [0.05, 0.1) is 5.92 Å². The van der Waals surface area contributed by atoms with Gasteiger partial charge in [0, 0.05) is 23.3 Å². The molecule has 4 heteroatoms. The molecule has 1 atom stereocenters. The number of aliphatic carboxylic acids is 1. The van der Waals surface area contributed by atoms with Gasteiger partial charge in [0.25, 0.3) is 0 Å². The van der Waals surface area contributed by atoms with Crippen molar-refractivity contribution in [2.45, 2.75) is 12.8 Å². The molecule has 3 nitrogen and oxygen atoms in total.